The standard InChI is InChI=1S/C6H9NO/c1-3-6-5(2)4-7-8-6/h4H,3H2,1-2H3. The Bertz CT molecular complexity index is 169. The quantitative estimate of drug-likeness (QED) is 0.549. The average Bonchev–Trinajstić information content (AvgIpc) is 2.14. The fraction of sp³-hybridized carbons (Fsp3) is 0.500. The highest BCUT2D eigenvalue weighted by Gasteiger charge is 1.96. The van der Waals surface area contributed by atoms with E-state index >= 15 is 0 Å². The first-order chi connectivity index (χ1) is 3.84. The van der Waals surface area contributed by atoms with Gasteiger partial charge in [-0.3, -0.25) is 0 Å². The van der Waals surface area contributed by atoms with E-state index in [-0.39, 0.29) is 0 Å². The van der Waals surface area contributed by atoms with Crippen molar-refractivity contribution in [3.05, 3.63) is 17.5 Å². The van der Waals surface area contributed by atoms with Crippen LogP contribution < -0.4 is 0 Å². The van der Waals surface area contributed by atoms with Gasteiger partial charge in [0.05, 0.1) is 6.20 Å². The van der Waals surface area contributed by atoms with Gasteiger partial charge in [0.15, 0.2) is 0 Å². The molecule has 2 nitrogen and oxygen atoms in total. The molecule has 2 heteroatoms. The maximum Gasteiger partial charge on any atom is 0.139 e. The highest BCUT2D eigenvalue weighted by Crippen LogP contribution is 2.04. The Labute approximate surface area is 48.5 Å². The van der Waals surface area contributed by atoms with Crippen LogP contribution in [0.15, 0.2) is 10.7 Å². The summed E-state index contributed by atoms with van der Waals surface area (Å²) >= 11 is 0. The molecule has 0 saturated carbocycles. The molecule has 0 radical (unpaired) electrons. The zero-order valence-electron chi connectivity index (χ0n) is 5.14. The van der Waals surface area contributed by atoms with Crippen molar-refractivity contribution in [3.63, 3.8) is 0 Å². The van der Waals surface area contributed by atoms with Crippen molar-refractivity contribution in [2.75, 3.05) is 0 Å². The Morgan fingerprint density at radius 2 is 2.50 bits per heavy atom. The van der Waals surface area contributed by atoms with Gasteiger partial charge in [0.25, 0.3) is 0 Å². The van der Waals surface area contributed by atoms with Crippen molar-refractivity contribution in [3.8, 4) is 0 Å². The van der Waals surface area contributed by atoms with Gasteiger partial charge in [0, 0.05) is 12.0 Å². The van der Waals surface area contributed by atoms with Crippen LogP contribution in [0, 0.1) is 6.92 Å². The van der Waals surface area contributed by atoms with Crippen LogP contribution in [-0.2, 0) is 6.42 Å². The predicted molar refractivity (Wildman–Crippen MR) is 30.6 cm³/mol. The summed E-state index contributed by atoms with van der Waals surface area (Å²) in [5.74, 6) is 0.991. The summed E-state index contributed by atoms with van der Waals surface area (Å²) in [6, 6.07) is 0. The van der Waals surface area contributed by atoms with Crippen molar-refractivity contribution < 1.29 is 4.52 Å². The minimum atomic E-state index is 0.936. The molecule has 0 bridgehead atoms. The van der Waals surface area contributed by atoms with Crippen LogP contribution in [0.3, 0.4) is 0 Å². The molecule has 0 aromatic carbocycles. The summed E-state index contributed by atoms with van der Waals surface area (Å²) in [4.78, 5) is 0. The third-order valence-electron chi connectivity index (χ3n) is 1.17. The van der Waals surface area contributed by atoms with E-state index in [4.69, 9.17) is 4.52 Å². The molecule has 0 spiro atoms. The summed E-state index contributed by atoms with van der Waals surface area (Å²) in [6.45, 7) is 4.04. The van der Waals surface area contributed by atoms with Gasteiger partial charge in [-0.15, -0.1) is 0 Å². The number of aryl methyl sites for hydroxylation is 2. The third kappa shape index (κ3) is 0.735. The molecule has 0 aliphatic heterocycles. The minimum Gasteiger partial charge on any atom is -0.361 e. The van der Waals surface area contributed by atoms with Crippen LogP contribution in [0.25, 0.3) is 0 Å². The molecule has 0 fully saturated rings. The van der Waals surface area contributed by atoms with Crippen molar-refractivity contribution in [2.45, 2.75) is 20.3 Å². The normalized spacial score (nSPS) is 9.75. The molecule has 1 aromatic heterocycles. The second-order valence-electron chi connectivity index (χ2n) is 1.79. The first-order valence-electron chi connectivity index (χ1n) is 2.74. The molecule has 0 N–H and O–H groups in total. The molecule has 0 aliphatic rings. The van der Waals surface area contributed by atoms with Crippen LogP contribution in [0.1, 0.15) is 18.2 Å². The van der Waals surface area contributed by atoms with Gasteiger partial charge in [-0.2, -0.15) is 0 Å². The summed E-state index contributed by atoms with van der Waals surface area (Å²) < 4.78 is 4.86. The van der Waals surface area contributed by atoms with Gasteiger partial charge in [0.1, 0.15) is 5.76 Å². The van der Waals surface area contributed by atoms with Crippen LogP contribution >= 0.6 is 0 Å². The van der Waals surface area contributed by atoms with Crippen molar-refractivity contribution in [1.82, 2.24) is 5.16 Å². The smallest absolute Gasteiger partial charge is 0.139 e. The molecule has 1 rings (SSSR count). The van der Waals surface area contributed by atoms with Gasteiger partial charge >= 0.3 is 0 Å². The molecule has 0 saturated heterocycles. The van der Waals surface area contributed by atoms with E-state index in [1.54, 1.807) is 6.20 Å². The van der Waals surface area contributed by atoms with Crippen molar-refractivity contribution >= 4 is 0 Å². The molecular formula is C6H9NO. The topological polar surface area (TPSA) is 26.0 Å². The molecule has 44 valence electrons. The second-order valence-corrected chi connectivity index (χ2v) is 1.79. The fourth-order valence-corrected chi connectivity index (χ4v) is 0.656. The van der Waals surface area contributed by atoms with E-state index in [1.165, 1.54) is 0 Å². The molecule has 0 unspecified atom stereocenters. The summed E-state index contributed by atoms with van der Waals surface area (Å²) in [7, 11) is 0. The number of hydrogen-bond donors (Lipinski definition) is 0. The first-order valence-corrected chi connectivity index (χ1v) is 2.74. The number of rotatable bonds is 1. The van der Waals surface area contributed by atoms with Gasteiger partial charge < -0.3 is 4.52 Å². The zero-order chi connectivity index (χ0) is 5.98. The fourth-order valence-electron chi connectivity index (χ4n) is 0.656. The molecule has 8 heavy (non-hydrogen) atoms. The van der Waals surface area contributed by atoms with Crippen molar-refractivity contribution in [1.29, 1.82) is 0 Å². The Balaban J connectivity index is 2.92. The van der Waals surface area contributed by atoms with E-state index in [0.717, 1.165) is 17.7 Å². The van der Waals surface area contributed by atoms with Gasteiger partial charge in [-0.25, -0.2) is 0 Å². The predicted octanol–water partition coefficient (Wildman–Crippen LogP) is 1.55. The molecule has 0 aliphatic carbocycles. The maximum atomic E-state index is 4.86. The Hall–Kier alpha value is -0.790. The van der Waals surface area contributed by atoms with Crippen LogP contribution in [0.5, 0.6) is 0 Å². The van der Waals surface area contributed by atoms with Crippen LogP contribution in [0.4, 0.5) is 0 Å². The van der Waals surface area contributed by atoms with Gasteiger partial charge in [-0.05, 0) is 6.92 Å². The second kappa shape index (κ2) is 1.99. The van der Waals surface area contributed by atoms with Gasteiger partial charge in [-0.1, -0.05) is 12.1 Å². The number of nitrogens with zero attached hydrogens (tertiary/aromatic N) is 1. The highest BCUT2D eigenvalue weighted by atomic mass is 16.5. The van der Waals surface area contributed by atoms with Crippen LogP contribution in [0.2, 0.25) is 0 Å². The SMILES string of the molecule is CCc1oncc1C. The Morgan fingerprint density at radius 3 is 2.75 bits per heavy atom. The van der Waals surface area contributed by atoms with E-state index < -0.39 is 0 Å². The van der Waals surface area contributed by atoms with E-state index in [0.29, 0.717) is 0 Å². The minimum absolute atomic E-state index is 0.936. The van der Waals surface area contributed by atoms with E-state index in [1.807, 2.05) is 13.8 Å². The zero-order valence-corrected chi connectivity index (χ0v) is 5.14. The Kier molecular flexibility index (Phi) is 1.33. The van der Waals surface area contributed by atoms with E-state index in [2.05, 4.69) is 5.16 Å². The largest absolute Gasteiger partial charge is 0.361 e. The van der Waals surface area contributed by atoms with Gasteiger partial charge in [0.2, 0.25) is 0 Å². The monoisotopic (exact) mass is 111 g/mol. The number of hydrogen-bond acceptors (Lipinski definition) is 2. The average molecular weight is 111 g/mol. The molecule has 1 aromatic rings. The molecule has 0 amide bonds. The third-order valence-corrected chi connectivity index (χ3v) is 1.17. The highest BCUT2D eigenvalue weighted by molar-refractivity contribution is 5.09. The van der Waals surface area contributed by atoms with Crippen molar-refractivity contribution in [2.24, 2.45) is 0 Å². The molecule has 1 heterocycles. The molecule has 0 atom stereocenters. The van der Waals surface area contributed by atoms with E-state index in [9.17, 15) is 0 Å². The summed E-state index contributed by atoms with van der Waals surface area (Å²) in [5.41, 5.74) is 1.15. The molecular weight excluding hydrogens is 102 g/mol. The number of aromatic nitrogens is 1. The lowest BCUT2D eigenvalue weighted by molar-refractivity contribution is 0.386. The lowest BCUT2D eigenvalue weighted by atomic mass is 10.2. The lowest BCUT2D eigenvalue weighted by Crippen LogP contribution is -1.75. The lowest BCUT2D eigenvalue weighted by Gasteiger charge is -1.83. The van der Waals surface area contributed by atoms with Crippen LogP contribution in [-0.4, -0.2) is 5.16 Å². The summed E-state index contributed by atoms with van der Waals surface area (Å²) in [5, 5.41) is 3.62. The maximum absolute atomic E-state index is 4.86. The summed E-state index contributed by atoms with van der Waals surface area (Å²) in [6.07, 6.45) is 2.67. The Morgan fingerprint density at radius 1 is 1.75 bits per heavy atom. The first kappa shape index (κ1) is 5.35.